The normalized spacial score (nSPS) is 14.0. The van der Waals surface area contributed by atoms with Gasteiger partial charge in [-0.2, -0.15) is 5.21 Å². The van der Waals surface area contributed by atoms with Gasteiger partial charge in [-0.3, -0.25) is 0 Å². The zero-order valence-corrected chi connectivity index (χ0v) is 9.16. The van der Waals surface area contributed by atoms with Crippen LogP contribution < -0.4 is 10.5 Å². The summed E-state index contributed by atoms with van der Waals surface area (Å²) in [4.78, 5) is 0. The molecule has 8 nitrogen and oxygen atoms in total. The van der Waals surface area contributed by atoms with Gasteiger partial charge in [-0.25, -0.2) is 13.1 Å². The second kappa shape index (κ2) is 5.14. The van der Waals surface area contributed by atoms with Crippen molar-refractivity contribution in [1.29, 1.82) is 0 Å². The Kier molecular flexibility index (Phi) is 4.12. The number of sulfonamides is 1. The van der Waals surface area contributed by atoms with Crippen molar-refractivity contribution in [1.82, 2.24) is 25.3 Å². The van der Waals surface area contributed by atoms with E-state index in [4.69, 9.17) is 5.73 Å². The van der Waals surface area contributed by atoms with Crippen LogP contribution in [0, 0.1) is 0 Å². The number of hydrogen-bond donors (Lipinski definition) is 3. The monoisotopic (exact) mass is 234 g/mol. The van der Waals surface area contributed by atoms with Crippen LogP contribution in [0.15, 0.2) is 0 Å². The lowest BCUT2D eigenvalue weighted by atomic mass is 10.3. The molecule has 0 aliphatic heterocycles. The molecule has 4 N–H and O–H groups in total. The summed E-state index contributed by atoms with van der Waals surface area (Å²) >= 11 is 0. The summed E-state index contributed by atoms with van der Waals surface area (Å²) < 4.78 is 25.6. The topological polar surface area (TPSA) is 127 Å². The van der Waals surface area contributed by atoms with E-state index in [0.717, 1.165) is 0 Å². The largest absolute Gasteiger partial charge is 0.329 e. The van der Waals surface area contributed by atoms with Gasteiger partial charge in [-0.05, 0) is 6.42 Å². The molecule has 0 aliphatic rings. The maximum absolute atomic E-state index is 11.6. The van der Waals surface area contributed by atoms with Crippen LogP contribution in [0.3, 0.4) is 0 Å². The molecule has 1 aromatic heterocycles. The van der Waals surface area contributed by atoms with Crippen LogP contribution in [0.4, 0.5) is 0 Å². The Morgan fingerprint density at radius 3 is 2.80 bits per heavy atom. The van der Waals surface area contributed by atoms with Crippen LogP contribution >= 0.6 is 0 Å². The standard InChI is InChI=1S/C6H14N6O2S/c1-2-5(3-7)15(13,14)8-4-6-9-11-12-10-6/h5,8H,2-4,7H2,1H3,(H,9,10,11,12). The zero-order chi connectivity index (χ0) is 11.3. The number of aromatic amines is 1. The van der Waals surface area contributed by atoms with Gasteiger partial charge in [0.2, 0.25) is 10.0 Å². The lowest BCUT2D eigenvalue weighted by Gasteiger charge is -2.13. The minimum atomic E-state index is -3.40. The maximum atomic E-state index is 11.6. The highest BCUT2D eigenvalue weighted by Gasteiger charge is 2.22. The molecule has 0 amide bonds. The van der Waals surface area contributed by atoms with Crippen LogP contribution in [-0.4, -0.2) is 40.8 Å². The number of H-pyrrole nitrogens is 1. The Bertz CT molecular complexity index is 370. The molecule has 1 heterocycles. The first-order valence-electron chi connectivity index (χ1n) is 4.51. The minimum absolute atomic E-state index is 0.0231. The molecule has 1 atom stereocenters. The average Bonchev–Trinajstić information content (AvgIpc) is 2.69. The van der Waals surface area contributed by atoms with E-state index in [1.165, 1.54) is 0 Å². The third-order valence-corrected chi connectivity index (χ3v) is 3.93. The Balaban J connectivity index is 2.57. The van der Waals surface area contributed by atoms with E-state index < -0.39 is 15.3 Å². The smallest absolute Gasteiger partial charge is 0.216 e. The molecule has 1 unspecified atom stereocenters. The maximum Gasteiger partial charge on any atom is 0.216 e. The van der Waals surface area contributed by atoms with Crippen molar-refractivity contribution < 1.29 is 8.42 Å². The first kappa shape index (κ1) is 12.0. The van der Waals surface area contributed by atoms with Gasteiger partial charge in [0.05, 0.1) is 11.8 Å². The molecule has 1 rings (SSSR count). The number of rotatable bonds is 6. The number of aromatic nitrogens is 4. The van der Waals surface area contributed by atoms with Gasteiger partial charge >= 0.3 is 0 Å². The minimum Gasteiger partial charge on any atom is -0.329 e. The average molecular weight is 234 g/mol. The summed E-state index contributed by atoms with van der Waals surface area (Å²) in [5, 5.41) is 12.2. The van der Waals surface area contributed by atoms with Crippen LogP contribution in [0.1, 0.15) is 19.2 Å². The first-order chi connectivity index (χ1) is 7.10. The summed E-state index contributed by atoms with van der Waals surface area (Å²) in [6, 6.07) is 0. The molecule has 86 valence electrons. The van der Waals surface area contributed by atoms with Crippen LogP contribution in [0.2, 0.25) is 0 Å². The molecule has 0 aromatic carbocycles. The Labute approximate surface area is 87.7 Å². The van der Waals surface area contributed by atoms with Crippen molar-refractivity contribution in [3.8, 4) is 0 Å². The van der Waals surface area contributed by atoms with Crippen LogP contribution in [0.5, 0.6) is 0 Å². The predicted molar refractivity (Wildman–Crippen MR) is 53.1 cm³/mol. The Morgan fingerprint density at radius 1 is 1.60 bits per heavy atom. The fourth-order valence-electron chi connectivity index (χ4n) is 1.05. The number of tetrazole rings is 1. The number of nitrogens with zero attached hydrogens (tertiary/aromatic N) is 3. The van der Waals surface area contributed by atoms with Gasteiger partial charge in [-0.15, -0.1) is 10.2 Å². The molecular weight excluding hydrogens is 220 g/mol. The van der Waals surface area contributed by atoms with Gasteiger partial charge in [0, 0.05) is 6.54 Å². The van der Waals surface area contributed by atoms with E-state index in [9.17, 15) is 8.42 Å². The fraction of sp³-hybridized carbons (Fsp3) is 0.833. The summed E-state index contributed by atoms with van der Waals surface area (Å²) in [6.07, 6.45) is 0.470. The van der Waals surface area contributed by atoms with Crippen LogP contribution in [0.25, 0.3) is 0 Å². The van der Waals surface area contributed by atoms with Gasteiger partial charge in [-0.1, -0.05) is 12.1 Å². The molecule has 0 radical (unpaired) electrons. The molecule has 9 heteroatoms. The molecule has 0 bridgehead atoms. The molecule has 0 fully saturated rings. The summed E-state index contributed by atoms with van der Waals surface area (Å²) in [5.41, 5.74) is 5.35. The van der Waals surface area contributed by atoms with Gasteiger partial charge in [0.1, 0.15) is 0 Å². The lowest BCUT2D eigenvalue weighted by molar-refractivity contribution is 0.559. The highest BCUT2D eigenvalue weighted by atomic mass is 32.2. The first-order valence-corrected chi connectivity index (χ1v) is 6.05. The Morgan fingerprint density at radius 2 is 2.33 bits per heavy atom. The third-order valence-electron chi connectivity index (χ3n) is 1.98. The molecule has 0 saturated carbocycles. The van der Waals surface area contributed by atoms with Crippen molar-refractivity contribution in [3.05, 3.63) is 5.82 Å². The molecule has 0 spiro atoms. The molecule has 0 saturated heterocycles. The van der Waals surface area contributed by atoms with E-state index in [-0.39, 0.29) is 13.1 Å². The van der Waals surface area contributed by atoms with E-state index in [1.54, 1.807) is 6.92 Å². The highest BCUT2D eigenvalue weighted by Crippen LogP contribution is 2.02. The third kappa shape index (κ3) is 3.22. The SMILES string of the molecule is CCC(CN)S(=O)(=O)NCc1nn[nH]n1. The molecule has 1 aromatic rings. The highest BCUT2D eigenvalue weighted by molar-refractivity contribution is 7.90. The van der Waals surface area contributed by atoms with E-state index in [2.05, 4.69) is 25.3 Å². The van der Waals surface area contributed by atoms with Crippen molar-refractivity contribution in [2.24, 2.45) is 5.73 Å². The molecule has 0 aliphatic carbocycles. The second-order valence-electron chi connectivity index (χ2n) is 2.96. The van der Waals surface area contributed by atoms with E-state index in [1.807, 2.05) is 0 Å². The van der Waals surface area contributed by atoms with Crippen molar-refractivity contribution in [2.45, 2.75) is 25.1 Å². The second-order valence-corrected chi connectivity index (χ2v) is 5.01. The van der Waals surface area contributed by atoms with E-state index in [0.29, 0.717) is 12.2 Å². The van der Waals surface area contributed by atoms with Gasteiger partial charge in [0.15, 0.2) is 5.82 Å². The van der Waals surface area contributed by atoms with Crippen molar-refractivity contribution >= 4 is 10.0 Å². The van der Waals surface area contributed by atoms with E-state index >= 15 is 0 Å². The number of hydrogen-bond acceptors (Lipinski definition) is 6. The fourth-order valence-corrected chi connectivity index (χ4v) is 2.31. The summed E-state index contributed by atoms with van der Waals surface area (Å²) in [5.74, 6) is 0.297. The molecular formula is C6H14N6O2S. The number of nitrogens with one attached hydrogen (secondary N) is 2. The lowest BCUT2D eigenvalue weighted by Crippen LogP contribution is -2.38. The summed E-state index contributed by atoms with van der Waals surface area (Å²) in [7, 11) is -3.40. The quantitative estimate of drug-likeness (QED) is 0.541. The molecule has 15 heavy (non-hydrogen) atoms. The Hall–Kier alpha value is -1.06. The van der Waals surface area contributed by atoms with Gasteiger partial charge < -0.3 is 5.73 Å². The van der Waals surface area contributed by atoms with Crippen molar-refractivity contribution in [2.75, 3.05) is 6.54 Å². The van der Waals surface area contributed by atoms with Crippen LogP contribution in [-0.2, 0) is 16.6 Å². The van der Waals surface area contributed by atoms with Crippen molar-refractivity contribution in [3.63, 3.8) is 0 Å². The predicted octanol–water partition coefficient (Wildman–Crippen LogP) is -1.64. The summed E-state index contributed by atoms with van der Waals surface area (Å²) in [6.45, 7) is 1.89. The van der Waals surface area contributed by atoms with Gasteiger partial charge in [0.25, 0.3) is 0 Å². The number of nitrogens with two attached hydrogens (primary N) is 1. The zero-order valence-electron chi connectivity index (χ0n) is 8.34.